The van der Waals surface area contributed by atoms with Gasteiger partial charge in [0, 0.05) is 17.9 Å². The number of allylic oxidation sites excluding steroid dienone is 2. The van der Waals surface area contributed by atoms with E-state index in [1.807, 2.05) is 24.3 Å². The predicted molar refractivity (Wildman–Crippen MR) is 94.4 cm³/mol. The molecule has 1 aliphatic carbocycles. The van der Waals surface area contributed by atoms with Crippen molar-refractivity contribution >= 4 is 23.0 Å². The minimum absolute atomic E-state index is 0.171. The molecule has 2 aromatic carbocycles. The Morgan fingerprint density at radius 3 is 2.39 bits per heavy atom. The first-order chi connectivity index (χ1) is 11.1. The highest BCUT2D eigenvalue weighted by molar-refractivity contribution is 6.30. The molecule has 0 saturated carbocycles. The number of benzene rings is 2. The fourth-order valence-corrected chi connectivity index (χ4v) is 3.20. The third-order valence-corrected chi connectivity index (χ3v) is 4.57. The molecular weight excluding hydrogens is 308 g/mol. The van der Waals surface area contributed by atoms with E-state index in [0.29, 0.717) is 12.8 Å². The van der Waals surface area contributed by atoms with Crippen molar-refractivity contribution in [1.29, 1.82) is 0 Å². The summed E-state index contributed by atoms with van der Waals surface area (Å²) in [6, 6.07) is 14.0. The fraction of sp³-hybridized carbons (Fsp3) is 0.250. The lowest BCUT2D eigenvalue weighted by Gasteiger charge is -2.13. The molecule has 0 fully saturated rings. The molecule has 0 aliphatic heterocycles. The molecule has 0 spiro atoms. The van der Waals surface area contributed by atoms with E-state index in [1.165, 1.54) is 5.56 Å². The molecule has 3 heteroatoms. The molecule has 0 heterocycles. The normalized spacial score (nSPS) is 14.5. The van der Waals surface area contributed by atoms with Crippen LogP contribution in [0.25, 0.3) is 16.7 Å². The Kier molecular flexibility index (Phi) is 4.53. The van der Waals surface area contributed by atoms with Crippen LogP contribution in [0.4, 0.5) is 0 Å². The highest BCUT2D eigenvalue weighted by atomic mass is 35.5. The molecule has 0 N–H and O–H groups in total. The van der Waals surface area contributed by atoms with Crippen molar-refractivity contribution in [3.8, 4) is 11.1 Å². The lowest BCUT2D eigenvalue weighted by Crippen LogP contribution is -2.01. The maximum Gasteiger partial charge on any atom is 0.167 e. The Hall–Kier alpha value is -2.06. The van der Waals surface area contributed by atoms with E-state index in [1.54, 1.807) is 7.11 Å². The smallest absolute Gasteiger partial charge is 0.167 e. The van der Waals surface area contributed by atoms with Gasteiger partial charge >= 0.3 is 0 Å². The van der Waals surface area contributed by atoms with E-state index in [-0.39, 0.29) is 5.78 Å². The molecule has 0 aromatic heterocycles. The highest BCUT2D eigenvalue weighted by Gasteiger charge is 2.27. The van der Waals surface area contributed by atoms with Crippen molar-refractivity contribution in [2.24, 2.45) is 0 Å². The summed E-state index contributed by atoms with van der Waals surface area (Å²) in [7, 11) is 1.64. The van der Waals surface area contributed by atoms with Gasteiger partial charge < -0.3 is 4.74 Å². The molecule has 0 unspecified atom stereocenters. The summed E-state index contributed by atoms with van der Waals surface area (Å²) >= 11 is 5.97. The Morgan fingerprint density at radius 2 is 1.74 bits per heavy atom. The number of halogens is 1. The maximum atomic E-state index is 12.3. The summed E-state index contributed by atoms with van der Waals surface area (Å²) in [5, 5.41) is 0.717. The average molecular weight is 327 g/mol. The fourth-order valence-electron chi connectivity index (χ4n) is 3.08. The van der Waals surface area contributed by atoms with Crippen molar-refractivity contribution in [3.63, 3.8) is 0 Å². The van der Waals surface area contributed by atoms with Crippen molar-refractivity contribution in [1.82, 2.24) is 0 Å². The Morgan fingerprint density at radius 1 is 1.04 bits per heavy atom. The van der Waals surface area contributed by atoms with E-state index >= 15 is 0 Å². The molecule has 0 saturated heterocycles. The second-order valence-corrected chi connectivity index (χ2v) is 6.09. The van der Waals surface area contributed by atoms with Gasteiger partial charge in [-0.15, -0.1) is 0 Å². The quantitative estimate of drug-likeness (QED) is 0.763. The van der Waals surface area contributed by atoms with Gasteiger partial charge in [0.25, 0.3) is 0 Å². The highest BCUT2D eigenvalue weighted by Crippen LogP contribution is 2.35. The van der Waals surface area contributed by atoms with Gasteiger partial charge in [0.15, 0.2) is 5.78 Å². The first-order valence-electron chi connectivity index (χ1n) is 7.83. The van der Waals surface area contributed by atoms with Crippen molar-refractivity contribution < 1.29 is 9.53 Å². The summed E-state index contributed by atoms with van der Waals surface area (Å²) in [5.41, 5.74) is 5.09. The molecule has 0 bridgehead atoms. The monoisotopic (exact) mass is 326 g/mol. The Balaban J connectivity index is 2.14. The van der Waals surface area contributed by atoms with Crippen LogP contribution in [-0.4, -0.2) is 12.9 Å². The van der Waals surface area contributed by atoms with Gasteiger partial charge in [-0.1, -0.05) is 42.8 Å². The minimum atomic E-state index is 0.171. The molecule has 23 heavy (non-hydrogen) atoms. The molecule has 2 aromatic rings. The standard InChI is InChI=1S/C20H19ClO2/c1-3-13-4-5-15(14-6-8-16(21)9-7-14)12-17(13)20-18(22)10-11-19(20)23-2/h4-9,12H,3,10-11H2,1-2H3. The molecule has 3 rings (SSSR count). The average Bonchev–Trinajstić information content (AvgIpc) is 2.95. The largest absolute Gasteiger partial charge is 0.500 e. The number of ketones is 1. The SMILES string of the molecule is CCc1ccc(-c2ccc(Cl)cc2)cc1C1=C(OC)CCC1=O. The molecule has 1 aliphatic rings. The van der Waals surface area contributed by atoms with Crippen molar-refractivity contribution in [2.45, 2.75) is 26.2 Å². The van der Waals surface area contributed by atoms with E-state index in [2.05, 4.69) is 25.1 Å². The zero-order valence-electron chi connectivity index (χ0n) is 13.4. The predicted octanol–water partition coefficient (Wildman–Crippen LogP) is 5.29. The van der Waals surface area contributed by atoms with Crippen LogP contribution < -0.4 is 0 Å². The van der Waals surface area contributed by atoms with E-state index in [9.17, 15) is 4.79 Å². The Labute approximate surface area is 141 Å². The van der Waals surface area contributed by atoms with Crippen LogP contribution in [0.15, 0.2) is 48.2 Å². The summed E-state index contributed by atoms with van der Waals surface area (Å²) in [6.07, 6.45) is 2.11. The second kappa shape index (κ2) is 6.59. The van der Waals surface area contributed by atoms with Crippen LogP contribution in [0.2, 0.25) is 5.02 Å². The van der Waals surface area contributed by atoms with Crippen LogP contribution >= 0.6 is 11.6 Å². The maximum absolute atomic E-state index is 12.3. The number of Topliss-reactive ketones (excluding diaryl/α,β-unsaturated/α-hetero) is 1. The molecule has 2 nitrogen and oxygen atoms in total. The van der Waals surface area contributed by atoms with E-state index in [4.69, 9.17) is 16.3 Å². The lowest BCUT2D eigenvalue weighted by molar-refractivity contribution is -0.113. The zero-order valence-corrected chi connectivity index (χ0v) is 14.1. The summed E-state index contributed by atoms with van der Waals surface area (Å²) < 4.78 is 5.45. The van der Waals surface area contributed by atoms with Gasteiger partial charge in [-0.25, -0.2) is 0 Å². The third kappa shape index (κ3) is 3.04. The molecule has 0 radical (unpaired) electrons. The number of methoxy groups -OCH3 is 1. The number of aryl methyl sites for hydroxylation is 1. The molecular formula is C20H19ClO2. The number of hydrogen-bond donors (Lipinski definition) is 0. The Bertz CT molecular complexity index is 773. The number of carbonyl (C=O) groups is 1. The second-order valence-electron chi connectivity index (χ2n) is 5.66. The third-order valence-electron chi connectivity index (χ3n) is 4.32. The minimum Gasteiger partial charge on any atom is -0.500 e. The first kappa shape index (κ1) is 15.8. The van der Waals surface area contributed by atoms with Crippen LogP contribution in [0.3, 0.4) is 0 Å². The number of ether oxygens (including phenoxy) is 1. The summed E-state index contributed by atoms with van der Waals surface area (Å²) in [4.78, 5) is 12.3. The molecule has 118 valence electrons. The van der Waals surface area contributed by atoms with E-state index < -0.39 is 0 Å². The van der Waals surface area contributed by atoms with Gasteiger partial charge in [0.05, 0.1) is 12.7 Å². The topological polar surface area (TPSA) is 26.3 Å². The van der Waals surface area contributed by atoms with E-state index in [0.717, 1.165) is 39.5 Å². The molecule has 0 atom stereocenters. The van der Waals surface area contributed by atoms with Crippen LogP contribution in [-0.2, 0) is 16.0 Å². The number of rotatable bonds is 4. The number of hydrogen-bond acceptors (Lipinski definition) is 2. The van der Waals surface area contributed by atoms with Gasteiger partial charge in [0.2, 0.25) is 0 Å². The zero-order chi connectivity index (χ0) is 16.4. The van der Waals surface area contributed by atoms with Crippen LogP contribution in [0.5, 0.6) is 0 Å². The van der Waals surface area contributed by atoms with Gasteiger partial charge in [0.1, 0.15) is 5.76 Å². The summed E-state index contributed by atoms with van der Waals surface area (Å²) in [6.45, 7) is 2.10. The van der Waals surface area contributed by atoms with Gasteiger partial charge in [-0.3, -0.25) is 4.79 Å². The van der Waals surface area contributed by atoms with Gasteiger partial charge in [-0.2, -0.15) is 0 Å². The lowest BCUT2D eigenvalue weighted by atomic mass is 9.92. The van der Waals surface area contributed by atoms with Gasteiger partial charge in [-0.05, 0) is 46.9 Å². The van der Waals surface area contributed by atoms with Crippen molar-refractivity contribution in [2.75, 3.05) is 7.11 Å². The first-order valence-corrected chi connectivity index (χ1v) is 8.21. The van der Waals surface area contributed by atoms with Crippen LogP contribution in [0, 0.1) is 0 Å². The summed E-state index contributed by atoms with van der Waals surface area (Å²) in [5.74, 6) is 0.975. The molecule has 0 amide bonds. The number of carbonyl (C=O) groups excluding carboxylic acids is 1. The van der Waals surface area contributed by atoms with Crippen molar-refractivity contribution in [3.05, 3.63) is 64.4 Å². The van der Waals surface area contributed by atoms with Crippen LogP contribution in [0.1, 0.15) is 30.9 Å².